The quantitative estimate of drug-likeness (QED) is 0.0722. The van der Waals surface area contributed by atoms with E-state index in [1.165, 1.54) is 127 Å². The highest BCUT2D eigenvalue weighted by Crippen LogP contribution is 2.20. The zero-order valence-corrected chi connectivity index (χ0v) is 25.7. The van der Waals surface area contributed by atoms with E-state index < -0.39 is 15.6 Å². The maximum absolute atomic E-state index is 10.7. The summed E-state index contributed by atoms with van der Waals surface area (Å²) in [6, 6.07) is 4.19. The summed E-state index contributed by atoms with van der Waals surface area (Å²) in [4.78, 5) is 0. The van der Waals surface area contributed by atoms with Gasteiger partial charge in [0.05, 0.1) is 26.2 Å². The molecule has 0 aliphatic rings. The van der Waals surface area contributed by atoms with Crippen LogP contribution in [0, 0.1) is 0 Å². The number of unbranched alkanes of at least 4 members (excludes halogenated alkanes) is 9. The van der Waals surface area contributed by atoms with E-state index in [9.17, 15) is 13.2 Å². The first-order valence-corrected chi connectivity index (χ1v) is 16.3. The van der Waals surface area contributed by atoms with Crippen molar-refractivity contribution in [1.29, 1.82) is 0 Å². The Kier molecular flexibility index (Phi) is 24.5. The maximum atomic E-state index is 10.7. The fourth-order valence-electron chi connectivity index (χ4n) is 4.24. The summed E-state index contributed by atoms with van der Waals surface area (Å²) >= 11 is 0. The second kappa shape index (κ2) is 23.8. The average molecular weight is 571 g/mol. The van der Waals surface area contributed by atoms with E-state index in [4.69, 9.17) is 13.0 Å². The molecule has 0 bridgehead atoms. The summed E-state index contributed by atoms with van der Waals surface area (Å²) in [7, 11) is -6.09. The van der Waals surface area contributed by atoms with Crippen LogP contribution < -0.4 is 0 Å². The van der Waals surface area contributed by atoms with Gasteiger partial charge in [-0.2, -0.15) is 13.2 Å². The Balaban J connectivity index is 0. The van der Waals surface area contributed by atoms with Crippen molar-refractivity contribution in [1.82, 2.24) is 4.57 Å². The van der Waals surface area contributed by atoms with E-state index in [0.29, 0.717) is 0 Å². The lowest BCUT2D eigenvalue weighted by Crippen LogP contribution is -2.50. The number of hydrogen-bond acceptors (Lipinski definition) is 3. The fraction of sp³-hybridized carbons (Fsp3) is 0.862. The number of hydrogen-bond donors (Lipinski definition) is 0. The third-order valence-electron chi connectivity index (χ3n) is 6.66. The second-order valence-corrected chi connectivity index (χ2v) is 11.6. The third kappa shape index (κ3) is 21.8. The van der Waals surface area contributed by atoms with E-state index in [0.717, 1.165) is 0 Å². The summed E-state index contributed by atoms with van der Waals surface area (Å²) in [6.45, 7) is 18.5. The lowest BCUT2D eigenvalue weighted by molar-refractivity contribution is -0.929. The molecule has 0 aliphatic carbocycles. The number of aryl methyl sites for hydroxylation is 1. The molecule has 0 saturated carbocycles. The highest BCUT2D eigenvalue weighted by molar-refractivity contribution is 7.86. The molecule has 0 N–H and O–H groups in total. The molecule has 38 heavy (non-hydrogen) atoms. The van der Waals surface area contributed by atoms with Crippen LogP contribution in [0.15, 0.2) is 24.5 Å². The molecule has 0 unspecified atom stereocenters. The van der Waals surface area contributed by atoms with Gasteiger partial charge in [-0.25, -0.2) is 8.42 Å². The van der Waals surface area contributed by atoms with Crippen LogP contribution in [-0.2, 0) is 16.7 Å². The number of rotatable bonds is 19. The molecule has 0 aliphatic heterocycles. The Morgan fingerprint density at radius 1 is 0.632 bits per heavy atom. The van der Waals surface area contributed by atoms with E-state index in [1.54, 1.807) is 0 Å². The van der Waals surface area contributed by atoms with Crippen molar-refractivity contribution in [2.75, 3.05) is 26.2 Å². The summed E-state index contributed by atoms with van der Waals surface area (Å²) in [5, 5.41) is 0. The van der Waals surface area contributed by atoms with Gasteiger partial charge < -0.3 is 13.6 Å². The lowest BCUT2D eigenvalue weighted by atomic mass is 10.1. The maximum Gasteiger partial charge on any atom is 0.485 e. The smallest absolute Gasteiger partial charge is 0.485 e. The monoisotopic (exact) mass is 570 g/mol. The number of halogens is 3. The van der Waals surface area contributed by atoms with E-state index in [2.05, 4.69) is 63.7 Å². The molecule has 0 atom stereocenters. The van der Waals surface area contributed by atoms with Gasteiger partial charge >= 0.3 is 5.51 Å². The number of aromatic nitrogens is 1. The largest absolute Gasteiger partial charge is 0.741 e. The van der Waals surface area contributed by atoms with Gasteiger partial charge in [0.2, 0.25) is 0 Å². The summed E-state index contributed by atoms with van der Waals surface area (Å²) in [5.74, 6) is 0. The molecule has 1 aromatic rings. The highest BCUT2D eigenvalue weighted by Gasteiger charge is 2.36. The van der Waals surface area contributed by atoms with Crippen LogP contribution in [0.25, 0.3) is 0 Å². The van der Waals surface area contributed by atoms with Crippen LogP contribution in [0.4, 0.5) is 13.2 Å². The standard InChI is InChI=1S/C16H36N.C12H21N.CHF3O3S/c1-5-9-13-17(14-10-6-2,15-11-7-3)16-12-8-4;1-2-3-4-5-6-7-10-13-11-8-9-12-13;2-1(3,4)8(5,6)7/h5-16H2,1-4H3;8-9,11-12H,2-7,10H2,1H3;(H,5,6,7)/q+1;;/p-1. The van der Waals surface area contributed by atoms with Crippen LogP contribution in [0.3, 0.4) is 0 Å². The number of nitrogens with zero attached hydrogens (tertiary/aromatic N) is 2. The molecular formula is C29H57F3N2O3S. The van der Waals surface area contributed by atoms with Gasteiger partial charge in [0.25, 0.3) is 0 Å². The minimum Gasteiger partial charge on any atom is -0.741 e. The van der Waals surface area contributed by atoms with Crippen LogP contribution in [0.2, 0.25) is 0 Å². The molecule has 1 aromatic heterocycles. The molecule has 0 amide bonds. The van der Waals surface area contributed by atoms with Crippen LogP contribution in [0.1, 0.15) is 125 Å². The predicted octanol–water partition coefficient (Wildman–Crippen LogP) is 8.90. The molecule has 0 saturated heterocycles. The summed E-state index contributed by atoms with van der Waals surface area (Å²) in [5.41, 5.74) is -5.65. The Bertz CT molecular complexity index is 686. The van der Waals surface area contributed by atoms with Crippen LogP contribution >= 0.6 is 0 Å². The van der Waals surface area contributed by atoms with Gasteiger partial charge in [0.15, 0.2) is 10.1 Å². The van der Waals surface area contributed by atoms with E-state index in [-0.39, 0.29) is 0 Å². The van der Waals surface area contributed by atoms with Crippen molar-refractivity contribution in [3.05, 3.63) is 24.5 Å². The van der Waals surface area contributed by atoms with Crippen molar-refractivity contribution in [3.8, 4) is 0 Å². The summed E-state index contributed by atoms with van der Waals surface area (Å²) in [6.07, 6.45) is 23.7. The van der Waals surface area contributed by atoms with E-state index in [1.807, 2.05) is 0 Å². The van der Waals surface area contributed by atoms with Crippen LogP contribution in [-0.4, -0.2) is 53.7 Å². The van der Waals surface area contributed by atoms with Gasteiger partial charge in [-0.1, -0.05) is 92.4 Å². The minimum atomic E-state index is -6.09. The molecule has 1 rings (SSSR count). The number of quaternary nitrogens is 1. The molecule has 0 radical (unpaired) electrons. The Morgan fingerprint density at radius 3 is 1.26 bits per heavy atom. The van der Waals surface area contributed by atoms with Gasteiger partial charge in [0.1, 0.15) is 0 Å². The molecule has 9 heteroatoms. The number of alkyl halides is 3. The first kappa shape index (κ1) is 39.1. The molecule has 0 spiro atoms. The molecule has 228 valence electrons. The molecule has 1 heterocycles. The first-order valence-electron chi connectivity index (χ1n) is 14.9. The molecular weight excluding hydrogens is 513 g/mol. The Morgan fingerprint density at radius 2 is 0.947 bits per heavy atom. The van der Waals surface area contributed by atoms with Gasteiger partial charge in [-0.3, -0.25) is 0 Å². The lowest BCUT2D eigenvalue weighted by Gasteiger charge is -2.39. The van der Waals surface area contributed by atoms with Crippen molar-refractivity contribution < 1.29 is 30.6 Å². The SMILES string of the molecule is CCCCCCCCn1cccc1.CCCC[N+](CCCC)(CCCC)CCCC.O=S(=O)([O-])C(F)(F)F. The zero-order valence-electron chi connectivity index (χ0n) is 24.9. The van der Waals surface area contributed by atoms with Crippen molar-refractivity contribution in [2.24, 2.45) is 0 Å². The van der Waals surface area contributed by atoms with Crippen molar-refractivity contribution >= 4 is 10.1 Å². The molecule has 0 fully saturated rings. The normalized spacial score (nSPS) is 11.9. The first-order chi connectivity index (χ1) is 17.9. The fourth-order valence-corrected chi connectivity index (χ4v) is 4.24. The highest BCUT2D eigenvalue weighted by atomic mass is 32.2. The zero-order chi connectivity index (χ0) is 29.3. The van der Waals surface area contributed by atoms with E-state index >= 15 is 0 Å². The predicted molar refractivity (Wildman–Crippen MR) is 153 cm³/mol. The van der Waals surface area contributed by atoms with Gasteiger partial charge in [0, 0.05) is 18.9 Å². The van der Waals surface area contributed by atoms with Gasteiger partial charge in [-0.15, -0.1) is 0 Å². The molecule has 5 nitrogen and oxygen atoms in total. The van der Waals surface area contributed by atoms with Crippen LogP contribution in [0.5, 0.6) is 0 Å². The van der Waals surface area contributed by atoms with Crippen molar-refractivity contribution in [2.45, 2.75) is 137 Å². The Hall–Kier alpha value is -1.06. The minimum absolute atomic E-state index is 1.19. The Labute approximate surface area is 232 Å². The van der Waals surface area contributed by atoms with Crippen molar-refractivity contribution in [3.63, 3.8) is 0 Å². The third-order valence-corrected chi connectivity index (χ3v) is 7.23. The average Bonchev–Trinajstić information content (AvgIpc) is 3.38. The topological polar surface area (TPSA) is 62.1 Å². The molecule has 0 aromatic carbocycles. The van der Waals surface area contributed by atoms with Gasteiger partial charge in [-0.05, 0) is 44.2 Å². The second-order valence-electron chi connectivity index (χ2n) is 10.2. The summed E-state index contributed by atoms with van der Waals surface area (Å²) < 4.78 is 62.6.